The van der Waals surface area contributed by atoms with Crippen LogP contribution in [0.25, 0.3) is 0 Å². The Bertz CT molecular complexity index is 1280. The van der Waals surface area contributed by atoms with Crippen LogP contribution >= 0.6 is 0 Å². The maximum absolute atomic E-state index is 13.9. The van der Waals surface area contributed by atoms with Crippen LogP contribution in [0.5, 0.6) is 5.75 Å². The smallest absolute Gasteiger partial charge is 0.328 e. The van der Waals surface area contributed by atoms with E-state index >= 15 is 0 Å². The number of carboxylic acids is 1. The Kier molecular flexibility index (Phi) is 15.5. The number of phenolic OH excluding ortho intramolecular Hbond substituents is 1. The summed E-state index contributed by atoms with van der Waals surface area (Å²) in [5.74, 6) is -4.22. The molecule has 0 radical (unpaired) electrons. The van der Waals surface area contributed by atoms with Gasteiger partial charge in [-0.2, -0.15) is 0 Å². The van der Waals surface area contributed by atoms with Crippen molar-refractivity contribution in [1.82, 2.24) is 21.3 Å². The fraction of sp³-hybridized carbons (Fsp3) is 0.625. The van der Waals surface area contributed by atoms with Crippen molar-refractivity contribution in [1.29, 1.82) is 0 Å². The molecule has 268 valence electrons. The molecule has 0 saturated heterocycles. The molecule has 1 saturated carbocycles. The van der Waals surface area contributed by atoms with Crippen LogP contribution in [0.4, 0.5) is 0 Å². The number of nitrogens with two attached hydrogens (primary N) is 3. The second-order valence-electron chi connectivity index (χ2n) is 12.8. The molecular weight excluding hydrogens is 624 g/mol. The number of phenols is 1. The van der Waals surface area contributed by atoms with Crippen molar-refractivity contribution in [3.05, 3.63) is 29.8 Å². The van der Waals surface area contributed by atoms with Crippen molar-refractivity contribution in [2.24, 2.45) is 28.1 Å². The van der Waals surface area contributed by atoms with E-state index in [1.54, 1.807) is 12.1 Å². The van der Waals surface area contributed by atoms with Crippen LogP contribution in [0.3, 0.4) is 0 Å². The SMILES string of the molecule is CC(C)C[C@H](NC(=O)[C@H](Cc1ccc(O)cc1)NC(=O)[C@@H](N)CCCN=C(N)N)C(=O)NC1(C(=O)N[C@H](C(=O)O)[C@@H](C)O)CCCCC1. The third kappa shape index (κ3) is 12.6. The van der Waals surface area contributed by atoms with Crippen molar-refractivity contribution in [2.45, 2.75) is 114 Å². The van der Waals surface area contributed by atoms with E-state index in [1.165, 1.54) is 19.1 Å². The zero-order valence-corrected chi connectivity index (χ0v) is 27.9. The number of aliphatic hydroxyl groups excluding tert-OH is 1. The number of benzene rings is 1. The summed E-state index contributed by atoms with van der Waals surface area (Å²) in [4.78, 5) is 69.8. The van der Waals surface area contributed by atoms with Crippen LogP contribution in [0.15, 0.2) is 29.3 Å². The normalized spacial score (nSPS) is 17.1. The number of aromatic hydroxyl groups is 1. The summed E-state index contributed by atoms with van der Waals surface area (Å²) < 4.78 is 0. The van der Waals surface area contributed by atoms with Crippen LogP contribution in [0.1, 0.15) is 77.7 Å². The fourth-order valence-corrected chi connectivity index (χ4v) is 5.54. The molecule has 1 aliphatic carbocycles. The Morgan fingerprint density at radius 2 is 1.50 bits per heavy atom. The number of nitrogens with zero attached hydrogens (tertiary/aromatic N) is 1. The van der Waals surface area contributed by atoms with Crippen molar-refractivity contribution in [3.63, 3.8) is 0 Å². The zero-order valence-electron chi connectivity index (χ0n) is 27.9. The fourth-order valence-electron chi connectivity index (χ4n) is 5.54. The number of nitrogens with one attached hydrogen (secondary N) is 4. The highest BCUT2D eigenvalue weighted by atomic mass is 16.4. The number of aliphatic hydroxyl groups is 1. The summed E-state index contributed by atoms with van der Waals surface area (Å²) in [6.07, 6.45) is 1.92. The lowest BCUT2D eigenvalue weighted by Crippen LogP contribution is -2.66. The van der Waals surface area contributed by atoms with Crippen molar-refractivity contribution >= 4 is 35.6 Å². The average molecular weight is 677 g/mol. The Labute approximate surface area is 280 Å². The van der Waals surface area contributed by atoms with Gasteiger partial charge in [-0.3, -0.25) is 24.2 Å². The number of carboxylic acid groups (broad SMARTS) is 1. The summed E-state index contributed by atoms with van der Waals surface area (Å²) in [7, 11) is 0. The number of rotatable bonds is 18. The molecule has 16 nitrogen and oxygen atoms in total. The Morgan fingerprint density at radius 1 is 0.896 bits per heavy atom. The van der Waals surface area contributed by atoms with Crippen LogP contribution in [-0.2, 0) is 30.4 Å². The predicted molar refractivity (Wildman–Crippen MR) is 178 cm³/mol. The summed E-state index contributed by atoms with van der Waals surface area (Å²) >= 11 is 0. The lowest BCUT2D eigenvalue weighted by atomic mass is 9.80. The summed E-state index contributed by atoms with van der Waals surface area (Å²) in [6.45, 7) is 5.22. The molecule has 16 heteroatoms. The third-order valence-corrected chi connectivity index (χ3v) is 8.19. The molecule has 0 bridgehead atoms. The van der Waals surface area contributed by atoms with Gasteiger partial charge in [0.1, 0.15) is 23.4 Å². The monoisotopic (exact) mass is 676 g/mol. The number of hydrogen-bond acceptors (Lipinski definition) is 9. The molecular formula is C32H52N8O8. The standard InChI is InChI=1S/C32H52N8O8/c1-18(2)16-23(28(45)40-32(13-5-4-6-14-32)30(48)39-25(19(3)41)29(46)47)38-27(44)24(17-20-9-11-21(42)12-10-20)37-26(43)22(33)8-7-15-36-31(34)35/h9-12,18-19,22-25,41-42H,4-8,13-17,33H2,1-3H3,(H,37,43)(H,38,44)(H,39,48)(H,40,45)(H,46,47)(H4,34,35,36)/t19-,22+,23+,24+,25+/m1/s1. The van der Waals surface area contributed by atoms with Gasteiger partial charge >= 0.3 is 5.97 Å². The largest absolute Gasteiger partial charge is 0.508 e. The van der Waals surface area contributed by atoms with E-state index in [9.17, 15) is 39.3 Å². The van der Waals surface area contributed by atoms with E-state index in [4.69, 9.17) is 17.2 Å². The first kappa shape index (κ1) is 39.7. The summed E-state index contributed by atoms with van der Waals surface area (Å²) in [5.41, 5.74) is 15.9. The van der Waals surface area contributed by atoms with Gasteiger partial charge in [-0.05, 0) is 62.6 Å². The molecule has 0 unspecified atom stereocenters. The van der Waals surface area contributed by atoms with Gasteiger partial charge in [-0.25, -0.2) is 4.79 Å². The van der Waals surface area contributed by atoms with Gasteiger partial charge in [0.2, 0.25) is 23.6 Å². The van der Waals surface area contributed by atoms with Gasteiger partial charge in [0.25, 0.3) is 0 Å². The molecule has 1 aromatic carbocycles. The van der Waals surface area contributed by atoms with E-state index in [-0.39, 0.29) is 56.3 Å². The maximum atomic E-state index is 13.9. The molecule has 0 spiro atoms. The van der Waals surface area contributed by atoms with Gasteiger partial charge in [-0.1, -0.05) is 45.2 Å². The van der Waals surface area contributed by atoms with Crippen LogP contribution in [0, 0.1) is 5.92 Å². The van der Waals surface area contributed by atoms with Gasteiger partial charge in [0, 0.05) is 13.0 Å². The highest BCUT2D eigenvalue weighted by molar-refractivity contribution is 5.97. The highest BCUT2D eigenvalue weighted by Crippen LogP contribution is 2.29. The molecule has 0 heterocycles. The maximum Gasteiger partial charge on any atom is 0.328 e. The van der Waals surface area contributed by atoms with Crippen LogP contribution in [0.2, 0.25) is 0 Å². The van der Waals surface area contributed by atoms with E-state index in [0.717, 1.165) is 6.42 Å². The minimum Gasteiger partial charge on any atom is -0.508 e. The van der Waals surface area contributed by atoms with Gasteiger partial charge in [-0.15, -0.1) is 0 Å². The van der Waals surface area contributed by atoms with Gasteiger partial charge < -0.3 is 53.8 Å². The first-order valence-corrected chi connectivity index (χ1v) is 16.3. The molecule has 4 amide bonds. The second-order valence-corrected chi connectivity index (χ2v) is 12.8. The van der Waals surface area contributed by atoms with E-state index < -0.39 is 65.4 Å². The van der Waals surface area contributed by atoms with Gasteiger partial charge in [0.05, 0.1) is 12.1 Å². The number of amides is 4. The average Bonchev–Trinajstić information content (AvgIpc) is 3.01. The van der Waals surface area contributed by atoms with Gasteiger partial charge in [0.15, 0.2) is 12.0 Å². The number of carbonyl (C=O) groups excluding carboxylic acids is 4. The lowest BCUT2D eigenvalue weighted by Gasteiger charge is -2.39. The third-order valence-electron chi connectivity index (χ3n) is 8.19. The molecule has 48 heavy (non-hydrogen) atoms. The number of aliphatic carboxylic acids is 1. The molecule has 13 N–H and O–H groups in total. The summed E-state index contributed by atoms with van der Waals surface area (Å²) in [6, 6.07) is 1.23. The molecule has 0 aromatic heterocycles. The number of carbonyl (C=O) groups is 5. The molecule has 1 fully saturated rings. The van der Waals surface area contributed by atoms with E-state index in [0.29, 0.717) is 24.8 Å². The highest BCUT2D eigenvalue weighted by Gasteiger charge is 2.44. The van der Waals surface area contributed by atoms with Crippen molar-refractivity contribution in [2.75, 3.05) is 6.54 Å². The zero-order chi connectivity index (χ0) is 36.0. The topological polar surface area (TPSA) is 285 Å². The lowest BCUT2D eigenvalue weighted by molar-refractivity contribution is -0.147. The predicted octanol–water partition coefficient (Wildman–Crippen LogP) is -0.899. The van der Waals surface area contributed by atoms with E-state index in [1.807, 2.05) is 13.8 Å². The quantitative estimate of drug-likeness (QED) is 0.0516. The van der Waals surface area contributed by atoms with Crippen molar-refractivity contribution < 1.29 is 39.3 Å². The Balaban J connectivity index is 2.30. The molecule has 1 aliphatic rings. The number of guanidine groups is 1. The molecule has 0 aliphatic heterocycles. The first-order chi connectivity index (χ1) is 22.5. The minimum absolute atomic E-state index is 0.0108. The van der Waals surface area contributed by atoms with Crippen LogP contribution < -0.4 is 38.5 Å². The van der Waals surface area contributed by atoms with Crippen molar-refractivity contribution in [3.8, 4) is 5.75 Å². The number of hydrogen-bond donors (Lipinski definition) is 10. The Morgan fingerprint density at radius 3 is 2.04 bits per heavy atom. The summed E-state index contributed by atoms with van der Waals surface area (Å²) in [5, 5.41) is 39.8. The molecule has 2 rings (SSSR count). The van der Waals surface area contributed by atoms with Crippen LogP contribution in [-0.4, -0.2) is 93.2 Å². The second kappa shape index (κ2) is 18.8. The Hall–Kier alpha value is -4.44. The first-order valence-electron chi connectivity index (χ1n) is 16.3. The molecule has 5 atom stereocenters. The molecule has 1 aromatic rings. The number of aliphatic imine (C=N–C) groups is 1. The van der Waals surface area contributed by atoms with E-state index in [2.05, 4.69) is 26.3 Å². The minimum atomic E-state index is -1.58.